The topological polar surface area (TPSA) is 69.0 Å². The molecule has 1 N–H and O–H groups in total. The van der Waals surface area contributed by atoms with Gasteiger partial charge in [-0.05, 0) is 44.5 Å². The van der Waals surface area contributed by atoms with Gasteiger partial charge in [0, 0.05) is 24.7 Å². The standard InChI is InChI=1S/C17H20N4O/c1-4-21(11-13(3)10-18)17(22)20-15-9-12(2)8-14-6-5-7-19-16(14)15/h5-9,13H,4,11H2,1-3H3,(H,20,22). The summed E-state index contributed by atoms with van der Waals surface area (Å²) in [5, 5.41) is 12.8. The maximum atomic E-state index is 12.4. The van der Waals surface area contributed by atoms with Crippen molar-refractivity contribution < 1.29 is 4.79 Å². The Hall–Kier alpha value is -2.61. The molecule has 5 nitrogen and oxygen atoms in total. The number of nitrogens with one attached hydrogen (secondary N) is 1. The lowest BCUT2D eigenvalue weighted by Crippen LogP contribution is -2.37. The zero-order chi connectivity index (χ0) is 16.1. The van der Waals surface area contributed by atoms with Crippen LogP contribution >= 0.6 is 0 Å². The number of amides is 2. The predicted molar refractivity (Wildman–Crippen MR) is 87.5 cm³/mol. The third kappa shape index (κ3) is 3.53. The smallest absolute Gasteiger partial charge is 0.321 e. The highest BCUT2D eigenvalue weighted by atomic mass is 16.2. The molecule has 2 amide bonds. The molecule has 0 aliphatic heterocycles. The average molecular weight is 296 g/mol. The predicted octanol–water partition coefficient (Wildman–Crippen LogP) is 3.56. The average Bonchev–Trinajstić information content (AvgIpc) is 2.51. The first kappa shape index (κ1) is 15.8. The molecule has 0 saturated carbocycles. The lowest BCUT2D eigenvalue weighted by Gasteiger charge is -2.22. The van der Waals surface area contributed by atoms with Gasteiger partial charge in [0.15, 0.2) is 0 Å². The highest BCUT2D eigenvalue weighted by Crippen LogP contribution is 2.23. The zero-order valence-corrected chi connectivity index (χ0v) is 13.1. The lowest BCUT2D eigenvalue weighted by molar-refractivity contribution is 0.210. The Morgan fingerprint density at radius 2 is 2.27 bits per heavy atom. The number of rotatable bonds is 4. The van der Waals surface area contributed by atoms with E-state index in [9.17, 15) is 4.79 Å². The Kier molecular flexibility index (Phi) is 4.95. The monoisotopic (exact) mass is 296 g/mol. The number of aromatic nitrogens is 1. The summed E-state index contributed by atoms with van der Waals surface area (Å²) in [5.41, 5.74) is 2.53. The van der Waals surface area contributed by atoms with Crippen molar-refractivity contribution in [2.45, 2.75) is 20.8 Å². The second kappa shape index (κ2) is 6.90. The number of anilines is 1. The summed E-state index contributed by atoms with van der Waals surface area (Å²) in [6.45, 7) is 6.65. The van der Waals surface area contributed by atoms with Crippen molar-refractivity contribution in [3.05, 3.63) is 36.0 Å². The van der Waals surface area contributed by atoms with Gasteiger partial charge in [-0.3, -0.25) is 4.98 Å². The largest absolute Gasteiger partial charge is 0.324 e. The van der Waals surface area contributed by atoms with Gasteiger partial charge in [0.05, 0.1) is 23.2 Å². The number of pyridine rings is 1. The molecule has 2 rings (SSSR count). The third-order valence-corrected chi connectivity index (χ3v) is 3.47. The third-order valence-electron chi connectivity index (χ3n) is 3.47. The quantitative estimate of drug-likeness (QED) is 0.938. The van der Waals surface area contributed by atoms with E-state index in [2.05, 4.69) is 16.4 Å². The van der Waals surface area contributed by atoms with Crippen LogP contribution in [0, 0.1) is 24.2 Å². The zero-order valence-electron chi connectivity index (χ0n) is 13.1. The van der Waals surface area contributed by atoms with Crippen molar-refractivity contribution in [2.24, 2.45) is 5.92 Å². The van der Waals surface area contributed by atoms with E-state index >= 15 is 0 Å². The van der Waals surface area contributed by atoms with Gasteiger partial charge in [0.25, 0.3) is 0 Å². The van der Waals surface area contributed by atoms with Gasteiger partial charge in [0.2, 0.25) is 0 Å². The van der Waals surface area contributed by atoms with Crippen LogP contribution in [0.4, 0.5) is 10.5 Å². The molecule has 2 aromatic rings. The normalized spacial score (nSPS) is 11.7. The Balaban J connectivity index is 2.26. The van der Waals surface area contributed by atoms with Crippen LogP contribution in [-0.2, 0) is 0 Å². The van der Waals surface area contributed by atoms with Crippen LogP contribution in [-0.4, -0.2) is 29.0 Å². The van der Waals surface area contributed by atoms with Crippen molar-refractivity contribution in [3.8, 4) is 6.07 Å². The molecule has 1 aromatic heterocycles. The first-order valence-corrected chi connectivity index (χ1v) is 7.36. The molecule has 114 valence electrons. The van der Waals surface area contributed by atoms with Crippen molar-refractivity contribution in [3.63, 3.8) is 0 Å². The summed E-state index contributed by atoms with van der Waals surface area (Å²) in [6.07, 6.45) is 1.71. The van der Waals surface area contributed by atoms with Crippen molar-refractivity contribution in [2.75, 3.05) is 18.4 Å². The number of urea groups is 1. The number of carbonyl (C=O) groups excluding carboxylic acids is 1. The molecule has 0 aliphatic carbocycles. The van der Waals surface area contributed by atoms with Crippen LogP contribution < -0.4 is 5.32 Å². The summed E-state index contributed by atoms with van der Waals surface area (Å²) in [5.74, 6) is -0.196. The van der Waals surface area contributed by atoms with Crippen molar-refractivity contribution in [1.29, 1.82) is 5.26 Å². The number of nitriles is 1. The van der Waals surface area contributed by atoms with Gasteiger partial charge in [-0.15, -0.1) is 0 Å². The maximum absolute atomic E-state index is 12.4. The number of carbonyl (C=O) groups is 1. The van der Waals surface area contributed by atoms with E-state index < -0.39 is 0 Å². The molecule has 0 saturated heterocycles. The summed E-state index contributed by atoms with van der Waals surface area (Å²) in [6, 6.07) is 9.74. The second-order valence-corrected chi connectivity index (χ2v) is 5.39. The van der Waals surface area contributed by atoms with Gasteiger partial charge < -0.3 is 10.2 Å². The van der Waals surface area contributed by atoms with Crippen molar-refractivity contribution >= 4 is 22.6 Å². The molecule has 5 heteroatoms. The number of hydrogen-bond acceptors (Lipinski definition) is 3. The van der Waals surface area contributed by atoms with Crippen LogP contribution in [0.25, 0.3) is 10.9 Å². The van der Waals surface area contributed by atoms with Gasteiger partial charge in [-0.1, -0.05) is 6.07 Å². The SMILES string of the molecule is CCN(CC(C)C#N)C(=O)Nc1cc(C)cc2cccnc12. The molecule has 0 radical (unpaired) electrons. The van der Waals surface area contributed by atoms with Gasteiger partial charge in [-0.25, -0.2) is 4.79 Å². The minimum Gasteiger partial charge on any atom is -0.324 e. The van der Waals surface area contributed by atoms with E-state index in [1.807, 2.05) is 38.1 Å². The summed E-state index contributed by atoms with van der Waals surface area (Å²) in [7, 11) is 0. The summed E-state index contributed by atoms with van der Waals surface area (Å²) < 4.78 is 0. The summed E-state index contributed by atoms with van der Waals surface area (Å²) in [4.78, 5) is 18.4. The molecule has 0 fully saturated rings. The fourth-order valence-electron chi connectivity index (χ4n) is 2.36. The number of nitrogens with zero attached hydrogens (tertiary/aromatic N) is 3. The fourth-order valence-corrected chi connectivity index (χ4v) is 2.36. The highest BCUT2D eigenvalue weighted by Gasteiger charge is 2.16. The number of aryl methyl sites for hydroxylation is 1. The Morgan fingerprint density at radius 3 is 2.95 bits per heavy atom. The van der Waals surface area contributed by atoms with Crippen LogP contribution in [0.5, 0.6) is 0 Å². The van der Waals surface area contributed by atoms with E-state index in [1.165, 1.54) is 0 Å². The second-order valence-electron chi connectivity index (χ2n) is 5.39. The molecule has 0 spiro atoms. The first-order chi connectivity index (χ1) is 10.5. The number of fused-ring (bicyclic) bond motifs is 1. The molecule has 22 heavy (non-hydrogen) atoms. The van der Waals surface area contributed by atoms with Crippen LogP contribution in [0.2, 0.25) is 0 Å². The minimum atomic E-state index is -0.206. The lowest BCUT2D eigenvalue weighted by atomic mass is 10.1. The Labute approximate surface area is 130 Å². The summed E-state index contributed by atoms with van der Waals surface area (Å²) >= 11 is 0. The van der Waals surface area contributed by atoms with E-state index in [-0.39, 0.29) is 11.9 Å². The minimum absolute atomic E-state index is 0.196. The van der Waals surface area contributed by atoms with Crippen LogP contribution in [0.1, 0.15) is 19.4 Å². The van der Waals surface area contributed by atoms with Crippen molar-refractivity contribution in [1.82, 2.24) is 9.88 Å². The molecule has 0 aliphatic rings. The van der Waals surface area contributed by atoms with E-state index in [4.69, 9.17) is 5.26 Å². The van der Waals surface area contributed by atoms with E-state index in [1.54, 1.807) is 18.0 Å². The Morgan fingerprint density at radius 1 is 1.50 bits per heavy atom. The molecule has 1 atom stereocenters. The molecular weight excluding hydrogens is 276 g/mol. The van der Waals surface area contributed by atoms with Gasteiger partial charge >= 0.3 is 6.03 Å². The molecule has 1 unspecified atom stereocenters. The van der Waals surface area contributed by atoms with Gasteiger partial charge in [-0.2, -0.15) is 5.26 Å². The Bertz CT molecular complexity index is 720. The number of benzene rings is 1. The van der Waals surface area contributed by atoms with E-state index in [0.29, 0.717) is 18.8 Å². The molecule has 1 heterocycles. The first-order valence-electron chi connectivity index (χ1n) is 7.36. The van der Waals surface area contributed by atoms with Crippen LogP contribution in [0.3, 0.4) is 0 Å². The van der Waals surface area contributed by atoms with Crippen LogP contribution in [0.15, 0.2) is 30.5 Å². The van der Waals surface area contributed by atoms with E-state index in [0.717, 1.165) is 16.5 Å². The molecular formula is C17H20N4O. The molecule has 1 aromatic carbocycles. The fraction of sp³-hybridized carbons (Fsp3) is 0.353. The maximum Gasteiger partial charge on any atom is 0.321 e. The highest BCUT2D eigenvalue weighted by molar-refractivity contribution is 6.00. The van der Waals surface area contributed by atoms with Gasteiger partial charge in [0.1, 0.15) is 0 Å². The number of hydrogen-bond donors (Lipinski definition) is 1. The molecule has 0 bridgehead atoms.